The van der Waals surface area contributed by atoms with Gasteiger partial charge in [-0.25, -0.2) is 4.98 Å². The maximum atomic E-state index is 11.4. The molecule has 1 aromatic rings. The zero-order valence-corrected chi connectivity index (χ0v) is 2.89. The van der Waals surface area contributed by atoms with Crippen LogP contribution in [0.5, 0.6) is 0 Å². The molecular weight excluding hydrogens is 85.0 g/mol. The first-order chi connectivity index (χ1) is 2.89. The minimum Gasteiger partial charge on any atom is -0.418 e. The molecule has 1 heterocycles. The van der Waals surface area contributed by atoms with E-state index in [1.54, 1.807) is 0 Å². The first-order valence-electron chi connectivity index (χ1n) is 1.43. The first kappa shape index (κ1) is 3.33. The van der Waals surface area contributed by atoms with E-state index < -0.39 is 6.01 Å². The van der Waals surface area contributed by atoms with Crippen molar-refractivity contribution in [1.82, 2.24) is 4.98 Å². The van der Waals surface area contributed by atoms with Gasteiger partial charge in [-0.1, -0.05) is 0 Å². The number of oxazole rings is 1. The summed E-state index contributed by atoms with van der Waals surface area (Å²) in [5.41, 5.74) is 0. The molecule has 0 aromatic carbocycles. The molecule has 0 atom stereocenters. The normalized spacial score (nSPS) is 8.83. The molecule has 0 aliphatic heterocycles. The van der Waals surface area contributed by atoms with E-state index in [1.165, 1.54) is 0 Å². The zero-order valence-electron chi connectivity index (χ0n) is 2.89. The Labute approximate surface area is 33.6 Å². The Morgan fingerprint density at radius 3 is 2.83 bits per heavy atom. The Kier molecular flexibility index (Phi) is 0.602. The van der Waals surface area contributed by atoms with Crippen LogP contribution >= 0.6 is 0 Å². The lowest BCUT2D eigenvalue weighted by atomic mass is 11.0. The van der Waals surface area contributed by atoms with Crippen molar-refractivity contribution in [2.45, 2.75) is 0 Å². The fraction of sp³-hybridized carbons (Fsp3) is 0. The van der Waals surface area contributed by atoms with Gasteiger partial charge in [0, 0.05) is 0 Å². The van der Waals surface area contributed by atoms with Crippen molar-refractivity contribution in [2.75, 3.05) is 0 Å². The Hall–Kier alpha value is -0.860. The van der Waals surface area contributed by atoms with Gasteiger partial charge in [0.1, 0.15) is 6.20 Å². The lowest BCUT2D eigenvalue weighted by Crippen LogP contribution is -1.51. The Balaban J connectivity index is 3.05. The van der Waals surface area contributed by atoms with Gasteiger partial charge in [0.2, 0.25) is 0 Å². The highest BCUT2D eigenvalue weighted by Crippen LogP contribution is 1.88. The van der Waals surface area contributed by atoms with Gasteiger partial charge in [0.15, 0.2) is 6.39 Å². The van der Waals surface area contributed by atoms with Crippen molar-refractivity contribution in [3.05, 3.63) is 18.6 Å². The number of halogens is 1. The minimum absolute atomic E-state index is 0.644. The second-order valence-corrected chi connectivity index (χ2v) is 0.806. The molecule has 0 fully saturated rings. The van der Waals surface area contributed by atoms with Crippen LogP contribution in [0.4, 0.5) is 4.39 Å². The second kappa shape index (κ2) is 1.08. The van der Waals surface area contributed by atoms with E-state index in [-0.39, 0.29) is 0 Å². The highest BCUT2D eigenvalue weighted by Gasteiger charge is 1.83. The van der Waals surface area contributed by atoms with Gasteiger partial charge < -0.3 is 4.42 Å². The topological polar surface area (TPSA) is 26.0 Å². The van der Waals surface area contributed by atoms with Crippen molar-refractivity contribution >= 4 is 0 Å². The molecule has 0 spiro atoms. The van der Waals surface area contributed by atoms with Crippen LogP contribution in [0.1, 0.15) is 0 Å². The molecule has 3 heteroatoms. The lowest BCUT2D eigenvalue weighted by Gasteiger charge is -1.60. The molecule has 1 rings (SSSR count). The predicted molar refractivity (Wildman–Crippen MR) is 16.5 cm³/mol. The molecule has 0 unspecified atom stereocenters. The van der Waals surface area contributed by atoms with Crippen molar-refractivity contribution < 1.29 is 8.81 Å². The number of hydrogen-bond acceptors (Lipinski definition) is 2. The average molecular weight is 87.1 g/mol. The van der Waals surface area contributed by atoms with Crippen molar-refractivity contribution in [3.63, 3.8) is 0 Å². The second-order valence-electron chi connectivity index (χ2n) is 0.806. The molecule has 2 nitrogen and oxygen atoms in total. The maximum Gasteiger partial charge on any atom is 0.297 e. The van der Waals surface area contributed by atoms with E-state index in [9.17, 15) is 4.39 Å². The SMILES string of the molecule is Fc1cnco1. The van der Waals surface area contributed by atoms with Gasteiger partial charge in [-0.2, -0.15) is 4.39 Å². The Bertz CT molecular complexity index is 114. The summed E-state index contributed by atoms with van der Waals surface area (Å²) in [4.78, 5) is 3.28. The van der Waals surface area contributed by atoms with Gasteiger partial charge >= 0.3 is 0 Å². The summed E-state index contributed by atoms with van der Waals surface area (Å²) < 4.78 is 15.5. The third kappa shape index (κ3) is 0.381. The van der Waals surface area contributed by atoms with Crippen LogP contribution < -0.4 is 0 Å². The van der Waals surface area contributed by atoms with Gasteiger partial charge in [0.25, 0.3) is 6.01 Å². The van der Waals surface area contributed by atoms with E-state index >= 15 is 0 Å². The number of hydrogen-bond donors (Lipinski definition) is 0. The molecule has 0 N–H and O–H groups in total. The number of nitrogens with zero attached hydrogens (tertiary/aromatic N) is 1. The van der Waals surface area contributed by atoms with Crippen LogP contribution in [0.25, 0.3) is 0 Å². The Morgan fingerprint density at radius 2 is 2.67 bits per heavy atom. The van der Waals surface area contributed by atoms with Gasteiger partial charge in [-0.3, -0.25) is 0 Å². The highest BCUT2D eigenvalue weighted by atomic mass is 19.1. The first-order valence-corrected chi connectivity index (χ1v) is 1.43. The summed E-state index contributed by atoms with van der Waals surface area (Å²) in [6, 6.07) is -0.644. The van der Waals surface area contributed by atoms with Crippen molar-refractivity contribution in [3.8, 4) is 0 Å². The largest absolute Gasteiger partial charge is 0.418 e. The number of aromatic nitrogens is 1. The number of rotatable bonds is 0. The van der Waals surface area contributed by atoms with E-state index in [1.807, 2.05) is 0 Å². The molecule has 6 heavy (non-hydrogen) atoms. The van der Waals surface area contributed by atoms with Gasteiger partial charge in [0.05, 0.1) is 0 Å². The van der Waals surface area contributed by atoms with Crippen molar-refractivity contribution in [2.24, 2.45) is 0 Å². The fourth-order valence-electron chi connectivity index (χ4n) is 0.200. The molecule has 32 valence electrons. The maximum absolute atomic E-state index is 11.4. The molecule has 0 bridgehead atoms. The summed E-state index contributed by atoms with van der Waals surface area (Å²) >= 11 is 0. The molecule has 0 aliphatic rings. The van der Waals surface area contributed by atoms with Crippen LogP contribution in [-0.4, -0.2) is 4.98 Å². The highest BCUT2D eigenvalue weighted by molar-refractivity contribution is 4.63. The van der Waals surface area contributed by atoms with Gasteiger partial charge in [-0.05, 0) is 0 Å². The third-order valence-electron chi connectivity index (χ3n) is 0.402. The minimum atomic E-state index is -0.644. The smallest absolute Gasteiger partial charge is 0.297 e. The lowest BCUT2D eigenvalue weighted by molar-refractivity contribution is 0.358. The average Bonchev–Trinajstić information content (AvgIpc) is 1.86. The molecule has 1 aromatic heterocycles. The molecule has 0 radical (unpaired) electrons. The standard InChI is InChI=1S/C3H2FNO/c4-3-1-5-2-6-3/h1-2H. The van der Waals surface area contributed by atoms with Crippen LogP contribution in [0.2, 0.25) is 0 Å². The summed E-state index contributed by atoms with van der Waals surface area (Å²) in [7, 11) is 0. The summed E-state index contributed by atoms with van der Waals surface area (Å²) in [6.07, 6.45) is 2.04. The van der Waals surface area contributed by atoms with Crippen LogP contribution in [-0.2, 0) is 0 Å². The fourth-order valence-corrected chi connectivity index (χ4v) is 0.200. The summed E-state index contributed by atoms with van der Waals surface area (Å²) in [6.45, 7) is 0. The molecule has 0 aliphatic carbocycles. The molecule has 0 saturated carbocycles. The monoisotopic (exact) mass is 87.0 g/mol. The van der Waals surface area contributed by atoms with Gasteiger partial charge in [-0.15, -0.1) is 0 Å². The third-order valence-corrected chi connectivity index (χ3v) is 0.402. The van der Waals surface area contributed by atoms with Crippen LogP contribution in [0, 0.1) is 6.01 Å². The Morgan fingerprint density at radius 1 is 1.83 bits per heavy atom. The van der Waals surface area contributed by atoms with Crippen LogP contribution in [0.3, 0.4) is 0 Å². The van der Waals surface area contributed by atoms with E-state index in [4.69, 9.17) is 0 Å². The van der Waals surface area contributed by atoms with E-state index in [0.717, 1.165) is 12.6 Å². The molecular formula is C3H2FNO. The van der Waals surface area contributed by atoms with E-state index in [2.05, 4.69) is 9.40 Å². The zero-order chi connectivity index (χ0) is 4.41. The predicted octanol–water partition coefficient (Wildman–Crippen LogP) is 0.814. The summed E-state index contributed by atoms with van der Waals surface area (Å²) in [5, 5.41) is 0. The molecule has 0 amide bonds. The van der Waals surface area contributed by atoms with E-state index in [0.29, 0.717) is 0 Å². The van der Waals surface area contributed by atoms with Crippen LogP contribution in [0.15, 0.2) is 17.0 Å². The quantitative estimate of drug-likeness (QED) is 0.468. The van der Waals surface area contributed by atoms with Crippen molar-refractivity contribution in [1.29, 1.82) is 0 Å². The molecule has 0 saturated heterocycles. The summed E-state index contributed by atoms with van der Waals surface area (Å²) in [5.74, 6) is 0.